The third kappa shape index (κ3) is 3.86. The molecule has 0 aliphatic heterocycles. The van der Waals surface area contributed by atoms with Crippen molar-refractivity contribution in [3.8, 4) is 0 Å². The van der Waals surface area contributed by atoms with Gasteiger partial charge in [0.2, 0.25) is 0 Å². The van der Waals surface area contributed by atoms with Crippen molar-refractivity contribution in [2.75, 3.05) is 7.11 Å². The standard InChI is InChI=1S/C26H25F2N3O2/c1-14(25-30-22-10-8-19(26(32)33-2)23(28)24(22)31-25)15-3-5-16(6-4-15)18-11-12-29-21-9-7-17(27)13-20(18)21/h7-16H,3-6H2,1-2H3,(H,30,31)/t14-,15?,16?/m1/s1. The molecule has 0 spiro atoms. The Morgan fingerprint density at radius 3 is 2.67 bits per heavy atom. The van der Waals surface area contributed by atoms with Gasteiger partial charge in [0.15, 0.2) is 5.82 Å². The summed E-state index contributed by atoms with van der Waals surface area (Å²) >= 11 is 0. The normalized spacial score (nSPS) is 19.6. The van der Waals surface area contributed by atoms with Gasteiger partial charge in [-0.05, 0) is 79.5 Å². The second kappa shape index (κ2) is 8.54. The number of nitrogens with zero attached hydrogens (tertiary/aromatic N) is 2. The van der Waals surface area contributed by atoms with E-state index in [1.807, 2.05) is 6.07 Å². The van der Waals surface area contributed by atoms with Crippen molar-refractivity contribution in [2.45, 2.75) is 44.4 Å². The number of carbonyl (C=O) groups is 1. The Hall–Kier alpha value is -3.35. The summed E-state index contributed by atoms with van der Waals surface area (Å²) in [4.78, 5) is 23.9. The number of H-pyrrole nitrogens is 1. The van der Waals surface area contributed by atoms with E-state index in [2.05, 4.69) is 26.6 Å². The van der Waals surface area contributed by atoms with Gasteiger partial charge in [-0.25, -0.2) is 18.6 Å². The van der Waals surface area contributed by atoms with Crippen LogP contribution < -0.4 is 0 Å². The van der Waals surface area contributed by atoms with Crippen LogP contribution in [0.2, 0.25) is 0 Å². The van der Waals surface area contributed by atoms with Crippen LogP contribution >= 0.6 is 0 Å². The van der Waals surface area contributed by atoms with E-state index in [9.17, 15) is 13.6 Å². The molecule has 1 saturated carbocycles. The van der Waals surface area contributed by atoms with Crippen LogP contribution in [0.1, 0.15) is 66.2 Å². The van der Waals surface area contributed by atoms with Crippen LogP contribution in [0.15, 0.2) is 42.6 Å². The van der Waals surface area contributed by atoms with Crippen LogP contribution in [0.5, 0.6) is 0 Å². The monoisotopic (exact) mass is 449 g/mol. The minimum atomic E-state index is -0.714. The molecule has 1 fully saturated rings. The topological polar surface area (TPSA) is 67.9 Å². The van der Waals surface area contributed by atoms with Crippen molar-refractivity contribution in [1.82, 2.24) is 15.0 Å². The lowest BCUT2D eigenvalue weighted by Gasteiger charge is -2.32. The SMILES string of the molecule is COC(=O)c1ccc2[nH]c([C@H](C)C3CCC(c4ccnc5ccc(F)cc45)CC3)nc2c1F. The zero-order chi connectivity index (χ0) is 23.1. The Kier molecular flexibility index (Phi) is 5.56. The van der Waals surface area contributed by atoms with Crippen molar-refractivity contribution in [3.05, 3.63) is 71.2 Å². The summed E-state index contributed by atoms with van der Waals surface area (Å²) in [5.41, 5.74) is 2.60. The number of aromatic nitrogens is 3. The number of benzene rings is 2. The minimum absolute atomic E-state index is 0.114. The lowest BCUT2D eigenvalue weighted by molar-refractivity contribution is 0.0596. The maximum Gasteiger partial charge on any atom is 0.340 e. The molecular weight excluding hydrogens is 424 g/mol. The van der Waals surface area contributed by atoms with Gasteiger partial charge >= 0.3 is 5.97 Å². The van der Waals surface area contributed by atoms with Crippen LogP contribution in [0.4, 0.5) is 8.78 Å². The second-order valence-corrected chi connectivity index (χ2v) is 8.90. The van der Waals surface area contributed by atoms with Crippen LogP contribution in [-0.2, 0) is 4.74 Å². The number of ether oxygens (including phenoxy) is 1. The molecule has 5 nitrogen and oxygen atoms in total. The van der Waals surface area contributed by atoms with Crippen molar-refractivity contribution >= 4 is 27.9 Å². The molecular formula is C26H25F2N3O2. The van der Waals surface area contributed by atoms with Crippen LogP contribution in [0.3, 0.4) is 0 Å². The Morgan fingerprint density at radius 1 is 1.12 bits per heavy atom. The molecule has 1 aliphatic rings. The van der Waals surface area contributed by atoms with E-state index >= 15 is 0 Å². The fourth-order valence-electron chi connectivity index (χ4n) is 5.19. The van der Waals surface area contributed by atoms with E-state index in [-0.39, 0.29) is 22.8 Å². The molecule has 4 aromatic rings. The maximum absolute atomic E-state index is 14.8. The number of esters is 1. The van der Waals surface area contributed by atoms with Gasteiger partial charge < -0.3 is 9.72 Å². The number of fused-ring (bicyclic) bond motifs is 2. The first-order valence-corrected chi connectivity index (χ1v) is 11.3. The average Bonchev–Trinajstić information content (AvgIpc) is 3.28. The average molecular weight is 450 g/mol. The third-order valence-electron chi connectivity index (χ3n) is 7.10. The van der Waals surface area contributed by atoms with E-state index in [0.717, 1.165) is 48.0 Å². The molecule has 33 heavy (non-hydrogen) atoms. The van der Waals surface area contributed by atoms with Crippen molar-refractivity contribution in [3.63, 3.8) is 0 Å². The number of carbonyl (C=O) groups excluding carboxylic acids is 1. The number of aromatic amines is 1. The smallest absolute Gasteiger partial charge is 0.340 e. The second-order valence-electron chi connectivity index (χ2n) is 8.90. The quantitative estimate of drug-likeness (QED) is 0.374. The Morgan fingerprint density at radius 2 is 1.91 bits per heavy atom. The van der Waals surface area contributed by atoms with E-state index < -0.39 is 11.8 Å². The van der Waals surface area contributed by atoms with Gasteiger partial charge in [0, 0.05) is 17.5 Å². The number of halogens is 2. The molecule has 2 heterocycles. The molecule has 170 valence electrons. The zero-order valence-electron chi connectivity index (χ0n) is 18.6. The molecule has 0 radical (unpaired) electrons. The summed E-state index contributed by atoms with van der Waals surface area (Å²) in [6.45, 7) is 2.11. The molecule has 2 aromatic carbocycles. The largest absolute Gasteiger partial charge is 0.465 e. The summed E-state index contributed by atoms with van der Waals surface area (Å²) in [5.74, 6) is -0.0158. The van der Waals surface area contributed by atoms with E-state index in [0.29, 0.717) is 17.4 Å². The lowest BCUT2D eigenvalue weighted by Crippen LogP contribution is -2.19. The third-order valence-corrected chi connectivity index (χ3v) is 7.10. The van der Waals surface area contributed by atoms with E-state index in [4.69, 9.17) is 0 Å². The summed E-state index contributed by atoms with van der Waals surface area (Å²) in [6, 6.07) is 9.85. The van der Waals surface area contributed by atoms with E-state index in [1.54, 1.807) is 24.4 Å². The Labute approximate surface area is 190 Å². The molecule has 0 saturated heterocycles. The number of imidazole rings is 1. The first kappa shape index (κ1) is 21.5. The number of pyridine rings is 1. The minimum Gasteiger partial charge on any atom is -0.465 e. The first-order chi connectivity index (χ1) is 16.0. The number of methoxy groups -OCH3 is 1. The first-order valence-electron chi connectivity index (χ1n) is 11.3. The summed E-state index contributed by atoms with van der Waals surface area (Å²) < 4.78 is 33.3. The van der Waals surface area contributed by atoms with Gasteiger partial charge in [0.1, 0.15) is 17.2 Å². The number of nitrogens with one attached hydrogen (secondary N) is 1. The van der Waals surface area contributed by atoms with Crippen LogP contribution in [0, 0.1) is 17.6 Å². The molecule has 2 aromatic heterocycles. The molecule has 1 aliphatic carbocycles. The van der Waals surface area contributed by atoms with Crippen LogP contribution in [-0.4, -0.2) is 28.0 Å². The van der Waals surface area contributed by atoms with Crippen molar-refractivity contribution in [2.24, 2.45) is 5.92 Å². The summed E-state index contributed by atoms with van der Waals surface area (Å²) in [6.07, 6.45) is 5.78. The van der Waals surface area contributed by atoms with Crippen LogP contribution in [0.25, 0.3) is 21.9 Å². The van der Waals surface area contributed by atoms with Gasteiger partial charge in [-0.3, -0.25) is 4.98 Å². The number of hydrogen-bond donors (Lipinski definition) is 1. The highest BCUT2D eigenvalue weighted by Crippen LogP contribution is 2.43. The molecule has 5 rings (SSSR count). The molecule has 7 heteroatoms. The molecule has 1 N–H and O–H groups in total. The highest BCUT2D eigenvalue weighted by atomic mass is 19.1. The maximum atomic E-state index is 14.8. The van der Waals surface area contributed by atoms with Crippen molar-refractivity contribution in [1.29, 1.82) is 0 Å². The van der Waals surface area contributed by atoms with Gasteiger partial charge in [-0.15, -0.1) is 0 Å². The zero-order valence-corrected chi connectivity index (χ0v) is 18.6. The van der Waals surface area contributed by atoms with Gasteiger partial charge in [-0.1, -0.05) is 6.92 Å². The molecule has 0 bridgehead atoms. The highest BCUT2D eigenvalue weighted by molar-refractivity contribution is 5.94. The van der Waals surface area contributed by atoms with Gasteiger partial charge in [-0.2, -0.15) is 0 Å². The predicted molar refractivity (Wildman–Crippen MR) is 122 cm³/mol. The van der Waals surface area contributed by atoms with Gasteiger partial charge in [0.05, 0.1) is 23.7 Å². The Balaban J connectivity index is 1.34. The highest BCUT2D eigenvalue weighted by Gasteiger charge is 2.30. The fraction of sp³-hybridized carbons (Fsp3) is 0.346. The van der Waals surface area contributed by atoms with Gasteiger partial charge in [0.25, 0.3) is 0 Å². The lowest BCUT2D eigenvalue weighted by atomic mass is 9.73. The molecule has 1 atom stereocenters. The predicted octanol–water partition coefficient (Wildman–Crippen LogP) is 6.25. The summed E-state index contributed by atoms with van der Waals surface area (Å²) in [7, 11) is 1.23. The molecule has 0 amide bonds. The molecule has 0 unspecified atom stereocenters. The fourth-order valence-corrected chi connectivity index (χ4v) is 5.19. The van der Waals surface area contributed by atoms with E-state index in [1.165, 1.54) is 19.2 Å². The Bertz CT molecular complexity index is 1340. The summed E-state index contributed by atoms with van der Waals surface area (Å²) in [5, 5.41) is 0.892. The number of hydrogen-bond acceptors (Lipinski definition) is 4. The number of rotatable bonds is 4. The van der Waals surface area contributed by atoms with Crippen molar-refractivity contribution < 1.29 is 18.3 Å².